The highest BCUT2D eigenvalue weighted by Crippen LogP contribution is 2.26. The molecule has 2 N–H and O–H groups in total. The molecule has 3 aromatic rings. The van der Waals surface area contributed by atoms with Crippen LogP contribution in [0.4, 0.5) is 23.1 Å². The lowest BCUT2D eigenvalue weighted by Gasteiger charge is -2.14. The van der Waals surface area contributed by atoms with Crippen molar-refractivity contribution in [3.8, 4) is 12.1 Å². The van der Waals surface area contributed by atoms with Gasteiger partial charge in [-0.3, -0.25) is 0 Å². The Morgan fingerprint density at radius 3 is 2.43 bits per heavy atom. The maximum Gasteiger partial charge on any atom is 0.229 e. The van der Waals surface area contributed by atoms with Gasteiger partial charge in [0.05, 0.1) is 23.2 Å². The van der Waals surface area contributed by atoms with Gasteiger partial charge in [-0.05, 0) is 79.0 Å². The maximum absolute atomic E-state index is 9.08. The number of aryl methyl sites for hydroxylation is 2. The summed E-state index contributed by atoms with van der Waals surface area (Å²) in [5.74, 6) is 0.530. The standard InChI is InChI=1S/C22H18N6/c1-15-12-18(4-3-10-23)13-16(2)21(15)27-20-9-11-25-22(28-20)26-19-7-5-17(14-24)6-8-19/h3-9,11-13H,1-2H3,(H2,25,26,27,28)/b4-3+/i5D,6D,7D,8D. The van der Waals surface area contributed by atoms with Gasteiger partial charge in [0.2, 0.25) is 5.95 Å². The molecule has 0 amide bonds. The molecule has 3 rings (SSSR count). The molecule has 136 valence electrons. The molecule has 0 saturated heterocycles. The summed E-state index contributed by atoms with van der Waals surface area (Å²) < 4.78 is 32.0. The monoisotopic (exact) mass is 370 g/mol. The highest BCUT2D eigenvalue weighted by atomic mass is 15.1. The number of nitrogens with zero attached hydrogens (tertiary/aromatic N) is 4. The van der Waals surface area contributed by atoms with Gasteiger partial charge in [0, 0.05) is 23.6 Å². The van der Waals surface area contributed by atoms with Crippen LogP contribution in [0, 0.1) is 36.5 Å². The summed E-state index contributed by atoms with van der Waals surface area (Å²) in [5.41, 5.74) is 3.20. The van der Waals surface area contributed by atoms with E-state index in [0.29, 0.717) is 5.82 Å². The largest absolute Gasteiger partial charge is 0.340 e. The van der Waals surface area contributed by atoms with Gasteiger partial charge >= 0.3 is 0 Å². The Balaban J connectivity index is 1.92. The highest BCUT2D eigenvalue weighted by molar-refractivity contribution is 5.69. The van der Waals surface area contributed by atoms with Crippen molar-refractivity contribution in [3.05, 3.63) is 76.9 Å². The van der Waals surface area contributed by atoms with Crippen molar-refractivity contribution in [2.75, 3.05) is 10.6 Å². The molecule has 0 aliphatic carbocycles. The van der Waals surface area contributed by atoms with Crippen molar-refractivity contribution in [3.63, 3.8) is 0 Å². The average Bonchev–Trinajstić information content (AvgIpc) is 2.77. The highest BCUT2D eigenvalue weighted by Gasteiger charge is 2.07. The molecule has 28 heavy (non-hydrogen) atoms. The first kappa shape index (κ1) is 14.0. The number of nitrogens with one attached hydrogen (secondary N) is 2. The van der Waals surface area contributed by atoms with E-state index in [4.69, 9.17) is 16.0 Å². The zero-order chi connectivity index (χ0) is 23.4. The first-order chi connectivity index (χ1) is 15.3. The minimum Gasteiger partial charge on any atom is -0.340 e. The van der Waals surface area contributed by atoms with Crippen molar-refractivity contribution < 1.29 is 5.48 Å². The van der Waals surface area contributed by atoms with Crippen LogP contribution in [-0.4, -0.2) is 9.97 Å². The number of benzene rings is 2. The number of nitriles is 2. The molecule has 0 spiro atoms. The molecule has 6 nitrogen and oxygen atoms in total. The SMILES string of the molecule is [2H]c1c([2H])c(Nc2nccc(Nc3c(C)cc(/C=C/C#N)cc3C)n2)c([2H])c([2H])c1C#N. The lowest BCUT2D eigenvalue weighted by molar-refractivity contribution is 1.16. The van der Waals surface area contributed by atoms with Gasteiger partial charge in [-0.2, -0.15) is 15.5 Å². The van der Waals surface area contributed by atoms with Crippen LogP contribution in [0.2, 0.25) is 0 Å². The van der Waals surface area contributed by atoms with Crippen LogP contribution in [0.3, 0.4) is 0 Å². The summed E-state index contributed by atoms with van der Waals surface area (Å²) in [6, 6.07) is 7.58. The first-order valence-electron chi connectivity index (χ1n) is 10.3. The summed E-state index contributed by atoms with van der Waals surface area (Å²) in [4.78, 5) is 8.45. The third kappa shape index (κ3) is 4.51. The van der Waals surface area contributed by atoms with Crippen LogP contribution in [0.5, 0.6) is 0 Å². The molecule has 0 unspecified atom stereocenters. The lowest BCUT2D eigenvalue weighted by Crippen LogP contribution is -2.02. The van der Waals surface area contributed by atoms with Crippen molar-refractivity contribution in [2.24, 2.45) is 0 Å². The van der Waals surface area contributed by atoms with Gasteiger partial charge in [-0.25, -0.2) is 4.98 Å². The third-order valence-electron chi connectivity index (χ3n) is 3.79. The van der Waals surface area contributed by atoms with Gasteiger partial charge in [-0.15, -0.1) is 0 Å². The lowest BCUT2D eigenvalue weighted by atomic mass is 10.0. The molecule has 0 fully saturated rings. The number of allylic oxidation sites excluding steroid dienone is 1. The van der Waals surface area contributed by atoms with Crippen LogP contribution < -0.4 is 10.6 Å². The molecule has 0 bridgehead atoms. The van der Waals surface area contributed by atoms with Gasteiger partial charge < -0.3 is 10.6 Å². The zero-order valence-corrected chi connectivity index (χ0v) is 15.3. The number of aromatic nitrogens is 2. The zero-order valence-electron chi connectivity index (χ0n) is 19.3. The normalized spacial score (nSPS) is 12.3. The fourth-order valence-electron chi connectivity index (χ4n) is 2.58. The van der Waals surface area contributed by atoms with Gasteiger partial charge in [0.15, 0.2) is 0 Å². The Hall–Kier alpha value is -4.16. The van der Waals surface area contributed by atoms with E-state index in [-0.39, 0.29) is 29.3 Å². The predicted octanol–water partition coefficient (Wildman–Crippen LogP) is 4.99. The molecule has 1 heterocycles. The summed E-state index contributed by atoms with van der Waals surface area (Å²) >= 11 is 0. The number of hydrogen-bond donors (Lipinski definition) is 2. The summed E-state index contributed by atoms with van der Waals surface area (Å²) in [7, 11) is 0. The van der Waals surface area contributed by atoms with Gasteiger partial charge in [-0.1, -0.05) is 0 Å². The second-order valence-electron chi connectivity index (χ2n) is 5.87. The molecule has 2 aromatic carbocycles. The van der Waals surface area contributed by atoms with Crippen LogP contribution >= 0.6 is 0 Å². The Labute approximate surface area is 169 Å². The second-order valence-corrected chi connectivity index (χ2v) is 5.87. The van der Waals surface area contributed by atoms with Gasteiger partial charge in [0.25, 0.3) is 0 Å². The molecule has 0 saturated carbocycles. The number of anilines is 4. The fourth-order valence-corrected chi connectivity index (χ4v) is 2.58. The van der Waals surface area contributed by atoms with Crippen LogP contribution in [0.1, 0.15) is 27.7 Å². The molecular formula is C22H18N6. The summed E-state index contributed by atoms with van der Waals surface area (Å²) in [6.45, 7) is 3.86. The van der Waals surface area contributed by atoms with Gasteiger partial charge in [0.1, 0.15) is 5.82 Å². The van der Waals surface area contributed by atoms with E-state index >= 15 is 0 Å². The maximum atomic E-state index is 9.08. The smallest absolute Gasteiger partial charge is 0.229 e. The molecule has 6 heteroatoms. The van der Waals surface area contributed by atoms with E-state index in [1.54, 1.807) is 18.2 Å². The molecule has 0 aliphatic rings. The summed E-state index contributed by atoms with van der Waals surface area (Å²) in [5, 5.41) is 23.8. The van der Waals surface area contributed by atoms with E-state index in [1.165, 1.54) is 12.3 Å². The Kier molecular flexibility index (Phi) is 4.23. The Morgan fingerprint density at radius 1 is 1.07 bits per heavy atom. The first-order valence-corrected chi connectivity index (χ1v) is 8.31. The van der Waals surface area contributed by atoms with E-state index in [0.717, 1.165) is 22.4 Å². The summed E-state index contributed by atoms with van der Waals surface area (Å²) in [6.07, 6.45) is 4.64. The van der Waals surface area contributed by atoms with E-state index in [2.05, 4.69) is 20.6 Å². The predicted molar refractivity (Wildman–Crippen MR) is 110 cm³/mol. The van der Waals surface area contributed by atoms with Crippen molar-refractivity contribution in [1.82, 2.24) is 9.97 Å². The minimum atomic E-state index is -0.429. The third-order valence-corrected chi connectivity index (χ3v) is 3.79. The van der Waals surface area contributed by atoms with Crippen LogP contribution in [-0.2, 0) is 0 Å². The molecule has 1 aromatic heterocycles. The molecule has 0 aliphatic heterocycles. The Bertz CT molecular complexity index is 1270. The van der Waals surface area contributed by atoms with Crippen molar-refractivity contribution in [1.29, 1.82) is 10.5 Å². The van der Waals surface area contributed by atoms with Crippen molar-refractivity contribution >= 4 is 29.2 Å². The fraction of sp³-hybridized carbons (Fsp3) is 0.0909. The van der Waals surface area contributed by atoms with E-state index in [1.807, 2.05) is 32.0 Å². The van der Waals surface area contributed by atoms with Crippen LogP contribution in [0.25, 0.3) is 6.08 Å². The molecular weight excluding hydrogens is 348 g/mol. The molecule has 0 radical (unpaired) electrons. The van der Waals surface area contributed by atoms with Crippen LogP contribution in [0.15, 0.2) is 54.6 Å². The minimum absolute atomic E-state index is 0.0735. The number of hydrogen-bond acceptors (Lipinski definition) is 6. The quantitative estimate of drug-likeness (QED) is 0.614. The van der Waals surface area contributed by atoms with Crippen molar-refractivity contribution in [2.45, 2.75) is 13.8 Å². The van der Waals surface area contributed by atoms with E-state index < -0.39 is 12.1 Å². The Morgan fingerprint density at radius 2 is 1.79 bits per heavy atom. The second kappa shape index (κ2) is 8.48. The van der Waals surface area contributed by atoms with E-state index in [9.17, 15) is 0 Å². The molecule has 0 atom stereocenters. The topological polar surface area (TPSA) is 97.4 Å². The average molecular weight is 370 g/mol. The number of rotatable bonds is 5.